The molecule has 0 bridgehead atoms. The lowest BCUT2D eigenvalue weighted by Crippen LogP contribution is -2.38. The third-order valence-corrected chi connectivity index (χ3v) is 4.03. The lowest BCUT2D eigenvalue weighted by molar-refractivity contribution is -0.150. The number of carboxylic acids is 1. The maximum absolute atomic E-state index is 11.6. The normalized spacial score (nSPS) is 35.1. The van der Waals surface area contributed by atoms with E-state index < -0.39 is 11.4 Å². The second kappa shape index (κ2) is 3.84. The fraction of sp³-hybridized carbons (Fsp3) is 0.500. The van der Waals surface area contributed by atoms with E-state index in [-0.39, 0.29) is 6.10 Å². The molecule has 1 N–H and O–H groups in total. The lowest BCUT2D eigenvalue weighted by Gasteiger charge is -2.31. The highest BCUT2D eigenvalue weighted by atomic mass is 16.6. The summed E-state index contributed by atoms with van der Waals surface area (Å²) in [6.07, 6.45) is 3.46. The maximum Gasteiger partial charge on any atom is 0.310 e. The zero-order valence-corrected chi connectivity index (χ0v) is 9.63. The molecule has 1 aromatic carbocycles. The lowest BCUT2D eigenvalue weighted by atomic mass is 9.70. The van der Waals surface area contributed by atoms with Crippen molar-refractivity contribution in [2.24, 2.45) is 5.41 Å². The fourth-order valence-corrected chi connectivity index (χ4v) is 2.94. The molecule has 1 saturated heterocycles. The topological polar surface area (TPSA) is 49.8 Å². The molecule has 3 heteroatoms. The van der Waals surface area contributed by atoms with E-state index in [1.165, 1.54) is 0 Å². The summed E-state index contributed by atoms with van der Waals surface area (Å²) in [5.41, 5.74) is 0.493. The van der Waals surface area contributed by atoms with Gasteiger partial charge < -0.3 is 9.84 Å². The molecule has 1 heterocycles. The highest BCUT2D eigenvalue weighted by molar-refractivity contribution is 5.75. The SMILES string of the molecule is O=C(O)C1(Cc2ccccc2)CCC2OC2C1. The first-order valence-electron chi connectivity index (χ1n) is 6.12. The van der Waals surface area contributed by atoms with Crippen molar-refractivity contribution in [3.8, 4) is 0 Å². The molecule has 1 aliphatic heterocycles. The van der Waals surface area contributed by atoms with E-state index in [9.17, 15) is 9.90 Å². The molecule has 3 rings (SSSR count). The third-order valence-electron chi connectivity index (χ3n) is 4.03. The minimum Gasteiger partial charge on any atom is -0.481 e. The Hall–Kier alpha value is -1.35. The van der Waals surface area contributed by atoms with Crippen LogP contribution >= 0.6 is 0 Å². The molecule has 90 valence electrons. The number of fused-ring (bicyclic) bond motifs is 1. The van der Waals surface area contributed by atoms with Crippen LogP contribution in [-0.4, -0.2) is 23.3 Å². The van der Waals surface area contributed by atoms with E-state index in [2.05, 4.69) is 0 Å². The molecule has 1 saturated carbocycles. The highest BCUT2D eigenvalue weighted by Crippen LogP contribution is 2.48. The fourth-order valence-electron chi connectivity index (χ4n) is 2.94. The van der Waals surface area contributed by atoms with Gasteiger partial charge in [0.1, 0.15) is 0 Å². The summed E-state index contributed by atoms with van der Waals surface area (Å²) in [5.74, 6) is -0.671. The van der Waals surface area contributed by atoms with E-state index in [0.29, 0.717) is 18.9 Å². The van der Waals surface area contributed by atoms with Gasteiger partial charge in [-0.2, -0.15) is 0 Å². The highest BCUT2D eigenvalue weighted by Gasteiger charge is 2.53. The molecule has 2 aliphatic rings. The molecule has 1 aromatic rings. The van der Waals surface area contributed by atoms with Gasteiger partial charge in [-0.25, -0.2) is 0 Å². The Kier molecular flexibility index (Phi) is 2.44. The Balaban J connectivity index is 1.82. The van der Waals surface area contributed by atoms with Crippen LogP contribution in [0, 0.1) is 5.41 Å². The Bertz CT molecular complexity index is 428. The first kappa shape index (κ1) is 10.8. The smallest absolute Gasteiger partial charge is 0.310 e. The molecular weight excluding hydrogens is 216 g/mol. The number of hydrogen-bond donors (Lipinski definition) is 1. The quantitative estimate of drug-likeness (QED) is 0.813. The number of benzene rings is 1. The van der Waals surface area contributed by atoms with E-state index in [1.54, 1.807) is 0 Å². The van der Waals surface area contributed by atoms with Crippen molar-refractivity contribution in [1.29, 1.82) is 0 Å². The van der Waals surface area contributed by atoms with E-state index in [4.69, 9.17) is 4.74 Å². The van der Waals surface area contributed by atoms with Gasteiger partial charge in [-0.3, -0.25) is 4.79 Å². The van der Waals surface area contributed by atoms with Crippen LogP contribution in [0.1, 0.15) is 24.8 Å². The van der Waals surface area contributed by atoms with Crippen LogP contribution in [-0.2, 0) is 16.0 Å². The number of carbonyl (C=O) groups is 1. The first-order valence-corrected chi connectivity index (χ1v) is 6.12. The standard InChI is InChI=1S/C14H16O3/c15-13(16)14(7-6-11-12(9-14)17-11)8-10-4-2-1-3-5-10/h1-5,11-12H,6-9H2,(H,15,16). The van der Waals surface area contributed by atoms with Crippen molar-refractivity contribution in [3.05, 3.63) is 35.9 Å². The molecule has 0 spiro atoms. The second-order valence-corrected chi connectivity index (χ2v) is 5.20. The monoisotopic (exact) mass is 232 g/mol. The third kappa shape index (κ3) is 1.95. The molecule has 0 amide bonds. The van der Waals surface area contributed by atoms with Crippen molar-refractivity contribution in [3.63, 3.8) is 0 Å². The van der Waals surface area contributed by atoms with Crippen molar-refractivity contribution >= 4 is 5.97 Å². The van der Waals surface area contributed by atoms with Gasteiger partial charge in [0.25, 0.3) is 0 Å². The van der Waals surface area contributed by atoms with Crippen LogP contribution in [0.15, 0.2) is 30.3 Å². The Morgan fingerprint density at radius 1 is 1.35 bits per heavy atom. The number of hydrogen-bond acceptors (Lipinski definition) is 2. The summed E-state index contributed by atoms with van der Waals surface area (Å²) in [4.78, 5) is 11.6. The van der Waals surface area contributed by atoms with Crippen LogP contribution in [0.3, 0.4) is 0 Å². The zero-order chi connectivity index (χ0) is 11.9. The molecule has 3 atom stereocenters. The van der Waals surface area contributed by atoms with Gasteiger partial charge >= 0.3 is 5.97 Å². The summed E-state index contributed by atoms with van der Waals surface area (Å²) in [7, 11) is 0. The summed E-state index contributed by atoms with van der Waals surface area (Å²) < 4.78 is 5.46. The average Bonchev–Trinajstić information content (AvgIpc) is 3.08. The van der Waals surface area contributed by atoms with Gasteiger partial charge in [0.2, 0.25) is 0 Å². The Morgan fingerprint density at radius 3 is 2.76 bits per heavy atom. The predicted molar refractivity (Wildman–Crippen MR) is 62.7 cm³/mol. The van der Waals surface area contributed by atoms with Crippen LogP contribution in [0.4, 0.5) is 0 Å². The van der Waals surface area contributed by atoms with Crippen LogP contribution in [0.25, 0.3) is 0 Å². The summed E-state index contributed by atoms with van der Waals surface area (Å²) >= 11 is 0. The second-order valence-electron chi connectivity index (χ2n) is 5.20. The Morgan fingerprint density at radius 2 is 2.12 bits per heavy atom. The number of carboxylic acid groups (broad SMARTS) is 1. The molecule has 3 nitrogen and oxygen atoms in total. The van der Waals surface area contributed by atoms with Crippen molar-refractivity contribution < 1.29 is 14.6 Å². The minimum atomic E-state index is -0.671. The molecule has 2 fully saturated rings. The van der Waals surface area contributed by atoms with E-state index in [0.717, 1.165) is 18.4 Å². The molecule has 17 heavy (non-hydrogen) atoms. The molecular formula is C14H16O3. The van der Waals surface area contributed by atoms with Gasteiger partial charge in [-0.05, 0) is 31.2 Å². The van der Waals surface area contributed by atoms with Crippen LogP contribution in [0.2, 0.25) is 0 Å². The van der Waals surface area contributed by atoms with Gasteiger partial charge in [0.15, 0.2) is 0 Å². The van der Waals surface area contributed by atoms with Gasteiger partial charge in [0, 0.05) is 0 Å². The predicted octanol–water partition coefficient (Wildman–Crippen LogP) is 2.25. The average molecular weight is 232 g/mol. The van der Waals surface area contributed by atoms with Crippen molar-refractivity contribution in [2.45, 2.75) is 37.9 Å². The van der Waals surface area contributed by atoms with Crippen LogP contribution < -0.4 is 0 Å². The zero-order valence-electron chi connectivity index (χ0n) is 9.63. The van der Waals surface area contributed by atoms with Gasteiger partial charge in [0.05, 0.1) is 17.6 Å². The number of aliphatic carboxylic acids is 1. The molecule has 3 unspecified atom stereocenters. The van der Waals surface area contributed by atoms with E-state index in [1.807, 2.05) is 30.3 Å². The largest absolute Gasteiger partial charge is 0.481 e. The van der Waals surface area contributed by atoms with E-state index >= 15 is 0 Å². The number of epoxide rings is 1. The summed E-state index contributed by atoms with van der Waals surface area (Å²) in [6, 6.07) is 9.89. The minimum absolute atomic E-state index is 0.198. The van der Waals surface area contributed by atoms with Crippen molar-refractivity contribution in [1.82, 2.24) is 0 Å². The summed E-state index contributed by atoms with van der Waals surface area (Å²) in [6.45, 7) is 0. The molecule has 0 aromatic heterocycles. The van der Waals surface area contributed by atoms with Gasteiger partial charge in [-0.1, -0.05) is 30.3 Å². The number of rotatable bonds is 3. The molecule has 1 aliphatic carbocycles. The van der Waals surface area contributed by atoms with Gasteiger partial charge in [-0.15, -0.1) is 0 Å². The van der Waals surface area contributed by atoms with Crippen molar-refractivity contribution in [2.75, 3.05) is 0 Å². The molecule has 0 radical (unpaired) electrons. The maximum atomic E-state index is 11.6. The summed E-state index contributed by atoms with van der Waals surface area (Å²) in [5, 5.41) is 9.53. The van der Waals surface area contributed by atoms with Crippen LogP contribution in [0.5, 0.6) is 0 Å². The Labute approximate surface area is 100 Å². The number of ether oxygens (including phenoxy) is 1. The first-order chi connectivity index (χ1) is 8.20.